The average molecular weight is 327 g/mol. The second-order valence-electron chi connectivity index (χ2n) is 3.45. The molecule has 2 N–H and O–H groups in total. The lowest BCUT2D eigenvalue weighted by Gasteiger charge is -2.07. The van der Waals surface area contributed by atoms with Crippen molar-refractivity contribution in [1.29, 1.82) is 0 Å². The number of benzene rings is 1. The van der Waals surface area contributed by atoms with E-state index < -0.39 is 0 Å². The highest BCUT2D eigenvalue weighted by atomic mass is 79.9. The van der Waals surface area contributed by atoms with Crippen LogP contribution in [-0.2, 0) is 0 Å². The van der Waals surface area contributed by atoms with Crippen molar-refractivity contribution in [3.63, 3.8) is 0 Å². The summed E-state index contributed by atoms with van der Waals surface area (Å²) in [7, 11) is 0. The van der Waals surface area contributed by atoms with Crippen LogP contribution in [0.2, 0.25) is 5.02 Å². The van der Waals surface area contributed by atoms with Gasteiger partial charge < -0.3 is 10.6 Å². The molecular formula is C12H9BrClN3O. The van der Waals surface area contributed by atoms with Gasteiger partial charge in [-0.3, -0.25) is 0 Å². The number of anilines is 2. The highest BCUT2D eigenvalue weighted by Gasteiger charge is 2.03. The van der Waals surface area contributed by atoms with Crippen LogP contribution in [0, 0.1) is 0 Å². The van der Waals surface area contributed by atoms with Gasteiger partial charge in [-0.15, -0.1) is 0 Å². The normalized spacial score (nSPS) is 9.89. The van der Waals surface area contributed by atoms with Crippen molar-refractivity contribution in [3.8, 4) is 0 Å². The molecule has 0 spiro atoms. The molecule has 2 amide bonds. The van der Waals surface area contributed by atoms with Crippen molar-refractivity contribution in [1.82, 2.24) is 4.98 Å². The Morgan fingerprint density at radius 3 is 2.44 bits per heavy atom. The first-order valence-electron chi connectivity index (χ1n) is 5.08. The van der Waals surface area contributed by atoms with Crippen molar-refractivity contribution >= 4 is 44.9 Å². The monoisotopic (exact) mass is 325 g/mol. The number of hydrogen-bond acceptors (Lipinski definition) is 2. The number of nitrogens with one attached hydrogen (secondary N) is 2. The molecule has 6 heteroatoms. The van der Waals surface area contributed by atoms with Crippen molar-refractivity contribution in [2.75, 3.05) is 10.6 Å². The molecule has 0 saturated heterocycles. The highest BCUT2D eigenvalue weighted by molar-refractivity contribution is 9.10. The zero-order valence-corrected chi connectivity index (χ0v) is 11.5. The van der Waals surface area contributed by atoms with Crippen LogP contribution in [0.1, 0.15) is 0 Å². The Morgan fingerprint density at radius 1 is 1.11 bits per heavy atom. The fraction of sp³-hybridized carbons (Fsp3) is 0. The van der Waals surface area contributed by atoms with E-state index in [2.05, 4.69) is 31.5 Å². The van der Waals surface area contributed by atoms with Gasteiger partial charge >= 0.3 is 6.03 Å². The summed E-state index contributed by atoms with van der Waals surface area (Å²) >= 11 is 8.98. The Morgan fingerprint density at radius 2 is 1.78 bits per heavy atom. The van der Waals surface area contributed by atoms with Gasteiger partial charge in [-0.2, -0.15) is 0 Å². The highest BCUT2D eigenvalue weighted by Crippen LogP contribution is 2.15. The Bertz CT molecular complexity index is 560. The molecule has 1 heterocycles. The van der Waals surface area contributed by atoms with Crippen LogP contribution in [-0.4, -0.2) is 11.0 Å². The molecule has 1 aromatic heterocycles. The van der Waals surface area contributed by atoms with Crippen LogP contribution in [0.4, 0.5) is 16.2 Å². The maximum Gasteiger partial charge on any atom is 0.323 e. The van der Waals surface area contributed by atoms with Crippen molar-refractivity contribution in [2.45, 2.75) is 0 Å². The zero-order valence-electron chi connectivity index (χ0n) is 9.15. The summed E-state index contributed by atoms with van der Waals surface area (Å²) in [6.45, 7) is 0. The molecule has 0 aliphatic carbocycles. The molecule has 1 aromatic carbocycles. The number of hydrogen-bond donors (Lipinski definition) is 2. The first-order valence-corrected chi connectivity index (χ1v) is 6.26. The number of pyridine rings is 1. The van der Waals surface area contributed by atoms with E-state index in [4.69, 9.17) is 11.6 Å². The van der Waals surface area contributed by atoms with Crippen LogP contribution in [0.15, 0.2) is 47.2 Å². The maximum absolute atomic E-state index is 11.7. The van der Waals surface area contributed by atoms with Gasteiger partial charge in [0.25, 0.3) is 0 Å². The first-order chi connectivity index (χ1) is 8.63. The van der Waals surface area contributed by atoms with Crippen LogP contribution < -0.4 is 10.6 Å². The molecule has 0 saturated carbocycles. The van der Waals surface area contributed by atoms with Crippen LogP contribution >= 0.6 is 27.5 Å². The molecule has 18 heavy (non-hydrogen) atoms. The standard InChI is InChI=1S/C12H9BrClN3O/c13-11-7-10(5-6-15-11)17-12(18)16-9-3-1-8(14)2-4-9/h1-7H,(H2,15,16,17,18). The Balaban J connectivity index is 1.98. The Labute approximate surface area is 118 Å². The minimum Gasteiger partial charge on any atom is -0.308 e. The lowest BCUT2D eigenvalue weighted by atomic mass is 10.3. The van der Waals surface area contributed by atoms with Gasteiger partial charge in [0.1, 0.15) is 4.60 Å². The molecule has 2 aromatic rings. The van der Waals surface area contributed by atoms with Gasteiger partial charge in [0.15, 0.2) is 0 Å². The zero-order chi connectivity index (χ0) is 13.0. The molecule has 2 rings (SSSR count). The van der Waals surface area contributed by atoms with Crippen molar-refractivity contribution < 1.29 is 4.79 Å². The van der Waals surface area contributed by atoms with Crippen molar-refractivity contribution in [3.05, 3.63) is 52.2 Å². The number of carbonyl (C=O) groups excluding carboxylic acids is 1. The summed E-state index contributed by atoms with van der Waals surface area (Å²) < 4.78 is 0.659. The van der Waals surface area contributed by atoms with E-state index in [1.807, 2.05) is 0 Å². The van der Waals surface area contributed by atoms with E-state index >= 15 is 0 Å². The lowest BCUT2D eigenvalue weighted by molar-refractivity contribution is 0.262. The Kier molecular flexibility index (Phi) is 4.17. The van der Waals surface area contributed by atoms with Gasteiger partial charge in [0.2, 0.25) is 0 Å². The number of urea groups is 1. The second-order valence-corrected chi connectivity index (χ2v) is 4.70. The third-order valence-electron chi connectivity index (χ3n) is 2.09. The van der Waals surface area contributed by atoms with Gasteiger partial charge in [-0.25, -0.2) is 9.78 Å². The molecule has 0 aliphatic rings. The van der Waals surface area contributed by atoms with Gasteiger partial charge in [0, 0.05) is 22.6 Å². The molecular weight excluding hydrogens is 318 g/mol. The molecule has 4 nitrogen and oxygen atoms in total. The summed E-state index contributed by atoms with van der Waals surface area (Å²) in [5.74, 6) is 0. The molecule has 0 aliphatic heterocycles. The van der Waals surface area contributed by atoms with E-state index in [1.165, 1.54) is 0 Å². The average Bonchev–Trinajstić information content (AvgIpc) is 2.32. The van der Waals surface area contributed by atoms with Crippen molar-refractivity contribution in [2.24, 2.45) is 0 Å². The minimum atomic E-state index is -0.324. The number of carbonyl (C=O) groups is 1. The summed E-state index contributed by atoms with van der Waals surface area (Å²) in [4.78, 5) is 15.7. The largest absolute Gasteiger partial charge is 0.323 e. The number of amides is 2. The van der Waals surface area contributed by atoms with E-state index in [1.54, 1.807) is 42.6 Å². The van der Waals surface area contributed by atoms with Gasteiger partial charge in [0.05, 0.1) is 0 Å². The molecule has 0 unspecified atom stereocenters. The third-order valence-corrected chi connectivity index (χ3v) is 2.77. The van der Waals surface area contributed by atoms with E-state index in [9.17, 15) is 4.79 Å². The molecule has 0 atom stereocenters. The third kappa shape index (κ3) is 3.72. The predicted molar refractivity (Wildman–Crippen MR) is 76.0 cm³/mol. The van der Waals surface area contributed by atoms with E-state index in [0.29, 0.717) is 21.0 Å². The van der Waals surface area contributed by atoms with Gasteiger partial charge in [-0.1, -0.05) is 11.6 Å². The summed E-state index contributed by atoms with van der Waals surface area (Å²) in [5, 5.41) is 6.01. The maximum atomic E-state index is 11.7. The van der Waals surface area contributed by atoms with Crippen LogP contribution in [0.25, 0.3) is 0 Å². The van der Waals surface area contributed by atoms with Crippen LogP contribution in [0.3, 0.4) is 0 Å². The quantitative estimate of drug-likeness (QED) is 0.815. The topological polar surface area (TPSA) is 54.0 Å². The second kappa shape index (κ2) is 5.84. The number of aromatic nitrogens is 1. The number of halogens is 2. The molecule has 0 radical (unpaired) electrons. The van der Waals surface area contributed by atoms with E-state index in [0.717, 1.165) is 0 Å². The smallest absolute Gasteiger partial charge is 0.308 e. The van der Waals surface area contributed by atoms with Gasteiger partial charge in [-0.05, 0) is 52.3 Å². The Hall–Kier alpha value is -1.59. The summed E-state index contributed by atoms with van der Waals surface area (Å²) in [6, 6.07) is 9.96. The fourth-order valence-electron chi connectivity index (χ4n) is 1.31. The lowest BCUT2D eigenvalue weighted by Crippen LogP contribution is -2.19. The predicted octanol–water partition coefficient (Wildman–Crippen LogP) is 4.14. The number of nitrogens with zero attached hydrogens (tertiary/aromatic N) is 1. The number of rotatable bonds is 2. The van der Waals surface area contributed by atoms with Crippen LogP contribution in [0.5, 0.6) is 0 Å². The summed E-state index contributed by atoms with van der Waals surface area (Å²) in [5.41, 5.74) is 1.33. The fourth-order valence-corrected chi connectivity index (χ4v) is 1.80. The summed E-state index contributed by atoms with van der Waals surface area (Å²) in [6.07, 6.45) is 1.60. The first kappa shape index (κ1) is 12.9. The van der Waals surface area contributed by atoms with E-state index in [-0.39, 0.29) is 6.03 Å². The molecule has 92 valence electrons. The SMILES string of the molecule is O=C(Nc1ccc(Cl)cc1)Nc1ccnc(Br)c1. The molecule has 0 fully saturated rings. The molecule has 0 bridgehead atoms. The minimum absolute atomic E-state index is 0.324.